The van der Waals surface area contributed by atoms with Gasteiger partial charge in [0, 0.05) is 12.1 Å². The van der Waals surface area contributed by atoms with Crippen molar-refractivity contribution in [1.82, 2.24) is 9.78 Å². The number of hydrogen-bond acceptors (Lipinski definition) is 3. The summed E-state index contributed by atoms with van der Waals surface area (Å²) in [5, 5.41) is 4.76. The number of carbonyl (C=O) groups excluding carboxylic acids is 1. The summed E-state index contributed by atoms with van der Waals surface area (Å²) >= 11 is 5.82. The Labute approximate surface area is 104 Å². The zero-order valence-electron chi connectivity index (χ0n) is 9.48. The summed E-state index contributed by atoms with van der Waals surface area (Å²) in [5.41, 5.74) is 2.07. The highest BCUT2D eigenvalue weighted by Crippen LogP contribution is 2.22. The first kappa shape index (κ1) is 11.7. The lowest BCUT2D eigenvalue weighted by molar-refractivity contribution is 0.0593. The Balaban J connectivity index is 2.42. The molecule has 0 fully saturated rings. The van der Waals surface area contributed by atoms with Crippen LogP contribution in [0.5, 0.6) is 0 Å². The van der Waals surface area contributed by atoms with Crippen LogP contribution in [-0.2, 0) is 11.8 Å². The lowest BCUT2D eigenvalue weighted by Crippen LogP contribution is -2.02. The van der Waals surface area contributed by atoms with E-state index in [1.54, 1.807) is 29.9 Å². The van der Waals surface area contributed by atoms with Crippen LogP contribution in [0.25, 0.3) is 11.3 Å². The van der Waals surface area contributed by atoms with Gasteiger partial charge in [0.15, 0.2) is 5.69 Å². The molecule has 1 aromatic carbocycles. The number of halogens is 1. The molecule has 0 radical (unpaired) electrons. The fraction of sp³-hybridized carbons (Fsp3) is 0.167. The van der Waals surface area contributed by atoms with Gasteiger partial charge in [-0.05, 0) is 23.8 Å². The average Bonchev–Trinajstić information content (AvgIpc) is 2.71. The van der Waals surface area contributed by atoms with Gasteiger partial charge in [-0.1, -0.05) is 23.7 Å². The van der Waals surface area contributed by atoms with Crippen molar-refractivity contribution < 1.29 is 9.53 Å². The summed E-state index contributed by atoms with van der Waals surface area (Å²) in [6.45, 7) is 0. The summed E-state index contributed by atoms with van der Waals surface area (Å²) < 4.78 is 6.26. The van der Waals surface area contributed by atoms with Crippen LogP contribution in [0.3, 0.4) is 0 Å². The topological polar surface area (TPSA) is 44.1 Å². The van der Waals surface area contributed by atoms with Crippen LogP contribution in [0, 0.1) is 0 Å². The molecule has 0 aliphatic rings. The van der Waals surface area contributed by atoms with Gasteiger partial charge in [0.25, 0.3) is 0 Å². The second kappa shape index (κ2) is 4.59. The maximum absolute atomic E-state index is 11.3. The van der Waals surface area contributed by atoms with Crippen molar-refractivity contribution in [2.45, 2.75) is 0 Å². The van der Waals surface area contributed by atoms with E-state index in [4.69, 9.17) is 11.6 Å². The van der Waals surface area contributed by atoms with E-state index in [0.717, 1.165) is 11.3 Å². The highest BCUT2D eigenvalue weighted by molar-refractivity contribution is 6.30. The predicted molar refractivity (Wildman–Crippen MR) is 65.0 cm³/mol. The fourth-order valence-electron chi connectivity index (χ4n) is 1.56. The third-order valence-corrected chi connectivity index (χ3v) is 2.67. The predicted octanol–water partition coefficient (Wildman–Crippen LogP) is 2.53. The minimum atomic E-state index is -0.444. The van der Waals surface area contributed by atoms with Crippen molar-refractivity contribution in [1.29, 1.82) is 0 Å². The molecule has 4 nitrogen and oxygen atoms in total. The van der Waals surface area contributed by atoms with Gasteiger partial charge in [-0.3, -0.25) is 4.68 Å². The molecule has 0 atom stereocenters. The number of methoxy groups -OCH3 is 1. The summed E-state index contributed by atoms with van der Waals surface area (Å²) in [5.74, 6) is -0.444. The largest absolute Gasteiger partial charge is 0.464 e. The van der Waals surface area contributed by atoms with Crippen LogP contribution in [0.1, 0.15) is 10.5 Å². The first-order chi connectivity index (χ1) is 8.11. The molecule has 0 bridgehead atoms. The van der Waals surface area contributed by atoms with Crippen LogP contribution < -0.4 is 0 Å². The van der Waals surface area contributed by atoms with Gasteiger partial charge in [0.05, 0.1) is 12.8 Å². The third kappa shape index (κ3) is 2.31. The maximum Gasteiger partial charge on any atom is 0.358 e. The molecule has 0 saturated carbocycles. The van der Waals surface area contributed by atoms with Crippen molar-refractivity contribution in [3.63, 3.8) is 0 Å². The zero-order valence-corrected chi connectivity index (χ0v) is 10.2. The quantitative estimate of drug-likeness (QED) is 0.770. The van der Waals surface area contributed by atoms with Crippen LogP contribution >= 0.6 is 11.6 Å². The summed E-state index contributed by atoms with van der Waals surface area (Å²) in [6.07, 6.45) is 0. The fourth-order valence-corrected chi connectivity index (χ4v) is 1.69. The smallest absolute Gasteiger partial charge is 0.358 e. The van der Waals surface area contributed by atoms with Crippen molar-refractivity contribution in [3.8, 4) is 11.3 Å². The Hall–Kier alpha value is -1.81. The van der Waals surface area contributed by atoms with Crippen molar-refractivity contribution >= 4 is 17.6 Å². The zero-order chi connectivity index (χ0) is 12.4. The Bertz CT molecular complexity index is 546. The minimum absolute atomic E-state index is 0.292. The molecule has 2 aromatic rings. The van der Waals surface area contributed by atoms with Crippen molar-refractivity contribution in [3.05, 3.63) is 41.0 Å². The molecule has 0 amide bonds. The average molecular weight is 251 g/mol. The molecule has 0 unspecified atom stereocenters. The highest BCUT2D eigenvalue weighted by atomic mass is 35.5. The number of esters is 1. The van der Waals surface area contributed by atoms with E-state index in [9.17, 15) is 4.79 Å². The van der Waals surface area contributed by atoms with Crippen LogP contribution in [-0.4, -0.2) is 22.9 Å². The maximum atomic E-state index is 11.3. The molecule has 0 aliphatic carbocycles. The molecule has 1 aromatic heterocycles. The normalized spacial score (nSPS) is 10.3. The molecule has 17 heavy (non-hydrogen) atoms. The van der Waals surface area contributed by atoms with E-state index in [2.05, 4.69) is 9.84 Å². The Morgan fingerprint density at radius 3 is 2.59 bits per heavy atom. The van der Waals surface area contributed by atoms with Gasteiger partial charge >= 0.3 is 5.97 Å². The molecule has 0 aliphatic heterocycles. The number of ether oxygens (including phenoxy) is 1. The van der Waals surface area contributed by atoms with Gasteiger partial charge in [-0.2, -0.15) is 5.10 Å². The van der Waals surface area contributed by atoms with E-state index >= 15 is 0 Å². The number of hydrogen-bond donors (Lipinski definition) is 0. The molecular weight excluding hydrogens is 240 g/mol. The molecule has 0 N–H and O–H groups in total. The molecule has 88 valence electrons. The Morgan fingerprint density at radius 2 is 2.00 bits per heavy atom. The van der Waals surface area contributed by atoms with Gasteiger partial charge < -0.3 is 4.74 Å². The van der Waals surface area contributed by atoms with E-state index in [-0.39, 0.29) is 0 Å². The molecule has 0 spiro atoms. The van der Waals surface area contributed by atoms with Gasteiger partial charge in [0.2, 0.25) is 0 Å². The number of nitrogens with zero attached hydrogens (tertiary/aromatic N) is 2. The monoisotopic (exact) mass is 250 g/mol. The minimum Gasteiger partial charge on any atom is -0.464 e. The second-order valence-electron chi connectivity index (χ2n) is 3.54. The standard InChI is InChI=1S/C12H11ClN2O2/c1-15-11(7-10(14-15)12(16)17-2)8-3-5-9(13)6-4-8/h3-7H,1-2H3. The first-order valence-corrected chi connectivity index (χ1v) is 5.38. The first-order valence-electron chi connectivity index (χ1n) is 5.00. The van der Waals surface area contributed by atoms with E-state index in [0.29, 0.717) is 10.7 Å². The molecule has 1 heterocycles. The van der Waals surface area contributed by atoms with E-state index in [1.165, 1.54) is 7.11 Å². The Morgan fingerprint density at radius 1 is 1.35 bits per heavy atom. The number of benzene rings is 1. The van der Waals surface area contributed by atoms with Gasteiger partial charge in [0.1, 0.15) is 0 Å². The molecule has 5 heteroatoms. The SMILES string of the molecule is COC(=O)c1cc(-c2ccc(Cl)cc2)n(C)n1. The van der Waals surface area contributed by atoms with E-state index in [1.807, 2.05) is 12.1 Å². The number of carbonyl (C=O) groups is 1. The molecule has 2 rings (SSSR count). The third-order valence-electron chi connectivity index (χ3n) is 2.41. The van der Waals surface area contributed by atoms with Gasteiger partial charge in [-0.25, -0.2) is 4.79 Å². The molecular formula is C12H11ClN2O2. The number of rotatable bonds is 2. The van der Waals surface area contributed by atoms with Crippen LogP contribution in [0.2, 0.25) is 5.02 Å². The van der Waals surface area contributed by atoms with Crippen LogP contribution in [0.4, 0.5) is 0 Å². The van der Waals surface area contributed by atoms with Crippen LogP contribution in [0.15, 0.2) is 30.3 Å². The number of aryl methyl sites for hydroxylation is 1. The summed E-state index contributed by atoms with van der Waals surface area (Å²) in [4.78, 5) is 11.3. The molecule has 0 saturated heterocycles. The lowest BCUT2D eigenvalue weighted by atomic mass is 10.1. The Kier molecular flexibility index (Phi) is 3.15. The van der Waals surface area contributed by atoms with Crippen molar-refractivity contribution in [2.24, 2.45) is 7.05 Å². The lowest BCUT2D eigenvalue weighted by Gasteiger charge is -2.00. The second-order valence-corrected chi connectivity index (χ2v) is 3.97. The highest BCUT2D eigenvalue weighted by Gasteiger charge is 2.13. The summed E-state index contributed by atoms with van der Waals surface area (Å²) in [7, 11) is 3.11. The van der Waals surface area contributed by atoms with Crippen molar-refractivity contribution in [2.75, 3.05) is 7.11 Å². The number of aromatic nitrogens is 2. The van der Waals surface area contributed by atoms with Gasteiger partial charge in [-0.15, -0.1) is 0 Å². The van der Waals surface area contributed by atoms with E-state index < -0.39 is 5.97 Å². The summed E-state index contributed by atoms with van der Waals surface area (Å²) in [6, 6.07) is 9.03.